The lowest BCUT2D eigenvalue weighted by Crippen LogP contribution is -2.62. The summed E-state index contributed by atoms with van der Waals surface area (Å²) < 4.78 is 0. The number of nitrogens with zero attached hydrogens (tertiary/aromatic N) is 1. The van der Waals surface area contributed by atoms with E-state index in [1.807, 2.05) is 24.3 Å². The summed E-state index contributed by atoms with van der Waals surface area (Å²) in [5, 5.41) is 12.9. The number of aliphatic hydroxyl groups excluding tert-OH is 1. The van der Waals surface area contributed by atoms with Crippen LogP contribution in [0.2, 0.25) is 10.0 Å². The van der Waals surface area contributed by atoms with E-state index in [1.54, 1.807) is 0 Å². The van der Waals surface area contributed by atoms with Gasteiger partial charge in [0, 0.05) is 15.6 Å². The Balaban J connectivity index is 1.58. The van der Waals surface area contributed by atoms with Crippen LogP contribution in [0.25, 0.3) is 0 Å². The number of aliphatic hydroxyl groups is 1. The molecule has 4 aliphatic rings. The SMILES string of the molecule is OC1CC2(N3CCCC3)CC(c3ccc(Cl)cc3)C1C(c1ccc(Cl)cc1)C2. The molecule has 3 atom stereocenters. The number of hydrogen-bond donors (Lipinski definition) is 1. The minimum atomic E-state index is -0.274. The van der Waals surface area contributed by atoms with E-state index in [9.17, 15) is 5.11 Å². The molecule has 4 heteroatoms. The number of fused-ring (bicyclic) bond motifs is 3. The Morgan fingerprint density at radius 2 is 1.21 bits per heavy atom. The number of hydrogen-bond acceptors (Lipinski definition) is 2. The van der Waals surface area contributed by atoms with Crippen LogP contribution in [0, 0.1) is 5.92 Å². The fraction of sp³-hybridized carbons (Fsp3) is 0.500. The van der Waals surface area contributed by atoms with E-state index < -0.39 is 0 Å². The Labute approximate surface area is 177 Å². The van der Waals surface area contributed by atoms with Crippen LogP contribution in [0.3, 0.4) is 0 Å². The predicted molar refractivity (Wildman–Crippen MR) is 115 cm³/mol. The van der Waals surface area contributed by atoms with E-state index in [-0.39, 0.29) is 17.6 Å². The Kier molecular flexibility index (Phi) is 4.95. The monoisotopic (exact) mass is 415 g/mol. The zero-order chi connectivity index (χ0) is 19.3. The number of rotatable bonds is 3. The Bertz CT molecular complexity index is 773. The van der Waals surface area contributed by atoms with Crippen molar-refractivity contribution >= 4 is 23.2 Å². The molecular weight excluding hydrogens is 389 g/mol. The molecule has 1 heterocycles. The van der Waals surface area contributed by atoms with E-state index in [1.165, 1.54) is 24.0 Å². The topological polar surface area (TPSA) is 23.5 Å². The van der Waals surface area contributed by atoms with Crippen molar-refractivity contribution in [3.63, 3.8) is 0 Å². The van der Waals surface area contributed by atoms with Crippen LogP contribution in [0.1, 0.15) is 55.1 Å². The third-order valence-corrected chi connectivity index (χ3v) is 8.04. The van der Waals surface area contributed by atoms with Gasteiger partial charge in [-0.15, -0.1) is 0 Å². The van der Waals surface area contributed by atoms with Crippen molar-refractivity contribution in [3.8, 4) is 0 Å². The van der Waals surface area contributed by atoms with Crippen LogP contribution in [-0.4, -0.2) is 34.7 Å². The molecule has 2 bridgehead atoms. The first-order valence-corrected chi connectivity index (χ1v) is 11.3. The highest BCUT2D eigenvalue weighted by Gasteiger charge is 2.57. The van der Waals surface area contributed by atoms with Gasteiger partial charge in [-0.25, -0.2) is 0 Å². The van der Waals surface area contributed by atoms with Gasteiger partial charge in [-0.05, 0) is 98.3 Å². The summed E-state index contributed by atoms with van der Waals surface area (Å²) in [5.74, 6) is 0.957. The third kappa shape index (κ3) is 3.19. The fourth-order valence-electron chi connectivity index (χ4n) is 6.36. The van der Waals surface area contributed by atoms with Gasteiger partial charge in [0.25, 0.3) is 0 Å². The van der Waals surface area contributed by atoms with Crippen LogP contribution < -0.4 is 0 Å². The highest BCUT2D eigenvalue weighted by atomic mass is 35.5. The zero-order valence-electron chi connectivity index (χ0n) is 16.0. The van der Waals surface area contributed by atoms with E-state index in [4.69, 9.17) is 23.2 Å². The Morgan fingerprint density at radius 3 is 1.68 bits per heavy atom. The highest BCUT2D eigenvalue weighted by Crippen LogP contribution is 2.60. The molecule has 2 aromatic rings. The molecule has 0 aromatic heterocycles. The van der Waals surface area contributed by atoms with Crippen LogP contribution >= 0.6 is 23.2 Å². The van der Waals surface area contributed by atoms with Gasteiger partial charge in [0.15, 0.2) is 0 Å². The molecule has 1 saturated heterocycles. The first-order valence-electron chi connectivity index (χ1n) is 10.5. The maximum Gasteiger partial charge on any atom is 0.0597 e. The minimum Gasteiger partial charge on any atom is -0.393 e. The Morgan fingerprint density at radius 1 is 0.750 bits per heavy atom. The maximum atomic E-state index is 11.3. The summed E-state index contributed by atoms with van der Waals surface area (Å²) in [6, 6.07) is 16.6. The molecule has 0 radical (unpaired) electrons. The molecule has 1 aliphatic heterocycles. The van der Waals surface area contributed by atoms with Crippen molar-refractivity contribution in [2.45, 2.75) is 55.6 Å². The second-order valence-electron chi connectivity index (χ2n) is 8.99. The summed E-state index contributed by atoms with van der Waals surface area (Å²) in [4.78, 5) is 2.69. The standard InChI is InChI=1S/C24H27Cl2NO/c25-18-7-3-16(4-8-18)20-13-24(27-11-1-2-12-27)14-21(23(20)22(28)15-24)17-5-9-19(26)10-6-17/h3-10,20-23,28H,1-2,11-15H2. The molecule has 3 aliphatic carbocycles. The van der Waals surface area contributed by atoms with Gasteiger partial charge in [-0.1, -0.05) is 47.5 Å². The van der Waals surface area contributed by atoms with Crippen molar-refractivity contribution in [2.24, 2.45) is 5.92 Å². The van der Waals surface area contributed by atoms with Crippen LogP contribution in [0.15, 0.2) is 48.5 Å². The molecule has 28 heavy (non-hydrogen) atoms. The lowest BCUT2D eigenvalue weighted by molar-refractivity contribution is -0.0988. The van der Waals surface area contributed by atoms with Crippen LogP contribution in [0.5, 0.6) is 0 Å². The molecule has 2 nitrogen and oxygen atoms in total. The Hall–Kier alpha value is -1.06. The van der Waals surface area contributed by atoms with Crippen molar-refractivity contribution in [3.05, 3.63) is 69.7 Å². The number of halogens is 2. The average molecular weight is 416 g/mol. The largest absolute Gasteiger partial charge is 0.393 e. The predicted octanol–water partition coefficient (Wildman–Crippen LogP) is 5.87. The third-order valence-electron chi connectivity index (χ3n) is 7.54. The molecule has 0 spiro atoms. The molecule has 6 rings (SSSR count). The summed E-state index contributed by atoms with van der Waals surface area (Å²) in [7, 11) is 0. The van der Waals surface area contributed by atoms with Gasteiger partial charge < -0.3 is 5.11 Å². The first kappa shape index (κ1) is 18.9. The molecule has 148 valence electrons. The van der Waals surface area contributed by atoms with Crippen molar-refractivity contribution in [2.75, 3.05) is 13.1 Å². The fourth-order valence-corrected chi connectivity index (χ4v) is 6.61. The molecule has 3 saturated carbocycles. The van der Waals surface area contributed by atoms with Gasteiger partial charge in [0.05, 0.1) is 6.10 Å². The van der Waals surface area contributed by atoms with E-state index in [0.717, 1.165) is 42.4 Å². The second kappa shape index (κ2) is 7.32. The van der Waals surface area contributed by atoms with Gasteiger partial charge in [-0.2, -0.15) is 0 Å². The lowest BCUT2D eigenvalue weighted by Gasteiger charge is -2.60. The molecule has 3 unspecified atom stereocenters. The van der Waals surface area contributed by atoms with E-state index >= 15 is 0 Å². The zero-order valence-corrected chi connectivity index (χ0v) is 17.5. The van der Waals surface area contributed by atoms with E-state index in [2.05, 4.69) is 29.2 Å². The molecule has 4 fully saturated rings. The maximum absolute atomic E-state index is 11.3. The summed E-state index contributed by atoms with van der Waals surface area (Å²) in [6.45, 7) is 2.33. The molecular formula is C24H27Cl2NO. The average Bonchev–Trinajstić information content (AvgIpc) is 3.24. The van der Waals surface area contributed by atoms with Crippen molar-refractivity contribution < 1.29 is 5.11 Å². The van der Waals surface area contributed by atoms with Gasteiger partial charge in [-0.3, -0.25) is 4.90 Å². The van der Waals surface area contributed by atoms with E-state index in [0.29, 0.717) is 11.8 Å². The first-order chi connectivity index (χ1) is 13.6. The highest BCUT2D eigenvalue weighted by molar-refractivity contribution is 6.30. The summed E-state index contributed by atoms with van der Waals surface area (Å²) in [6.07, 6.45) is 5.47. The van der Waals surface area contributed by atoms with Crippen molar-refractivity contribution in [1.82, 2.24) is 4.90 Å². The summed E-state index contributed by atoms with van der Waals surface area (Å²) >= 11 is 12.3. The minimum absolute atomic E-state index is 0.0965. The molecule has 2 aromatic carbocycles. The van der Waals surface area contributed by atoms with Gasteiger partial charge in [0.2, 0.25) is 0 Å². The van der Waals surface area contributed by atoms with Gasteiger partial charge >= 0.3 is 0 Å². The normalized spacial score (nSPS) is 35.4. The quantitative estimate of drug-likeness (QED) is 0.677. The number of benzene rings is 2. The summed E-state index contributed by atoms with van der Waals surface area (Å²) in [5.41, 5.74) is 2.73. The van der Waals surface area contributed by atoms with Gasteiger partial charge in [0.1, 0.15) is 0 Å². The van der Waals surface area contributed by atoms with Crippen LogP contribution in [-0.2, 0) is 0 Å². The molecule has 0 amide bonds. The van der Waals surface area contributed by atoms with Crippen LogP contribution in [0.4, 0.5) is 0 Å². The lowest BCUT2D eigenvalue weighted by atomic mass is 9.51. The smallest absolute Gasteiger partial charge is 0.0597 e. The van der Waals surface area contributed by atoms with Crippen molar-refractivity contribution in [1.29, 1.82) is 0 Å². The number of likely N-dealkylation sites (tertiary alicyclic amines) is 1. The molecule has 1 N–H and O–H groups in total. The second-order valence-corrected chi connectivity index (χ2v) is 9.86.